The molecule has 0 aliphatic carbocycles. The molecule has 1 saturated heterocycles. The molecular weight excluding hydrogens is 216 g/mol. The van der Waals surface area contributed by atoms with Gasteiger partial charge in [0.05, 0.1) is 32.3 Å². The zero-order valence-electron chi connectivity index (χ0n) is 11.0. The molecule has 0 amide bonds. The molecule has 1 N–H and O–H groups in total. The van der Waals surface area contributed by atoms with Gasteiger partial charge >= 0.3 is 0 Å². The van der Waals surface area contributed by atoms with E-state index in [2.05, 4.69) is 20.8 Å². The van der Waals surface area contributed by atoms with E-state index in [0.717, 1.165) is 11.3 Å². The van der Waals surface area contributed by atoms with Gasteiger partial charge in [-0.05, 0) is 49.1 Å². The van der Waals surface area contributed by atoms with Gasteiger partial charge in [-0.2, -0.15) is 0 Å². The number of methoxy groups -OCH3 is 1. The number of hydrogen-bond acceptors (Lipinski definition) is 3. The molecule has 1 aromatic rings. The predicted octanol–water partition coefficient (Wildman–Crippen LogP) is 1.88. The van der Waals surface area contributed by atoms with Gasteiger partial charge in [0.25, 0.3) is 0 Å². The van der Waals surface area contributed by atoms with E-state index in [-0.39, 0.29) is 12.0 Å². The predicted molar refractivity (Wildman–Crippen MR) is 66.8 cm³/mol. The Labute approximate surface area is 102 Å². The van der Waals surface area contributed by atoms with E-state index >= 15 is 0 Å². The van der Waals surface area contributed by atoms with Gasteiger partial charge in [0.15, 0.2) is 0 Å². The Hall–Kier alpha value is -1.06. The highest BCUT2D eigenvalue weighted by Gasteiger charge is 2.42. The minimum Gasteiger partial charge on any atom is -0.496 e. The summed E-state index contributed by atoms with van der Waals surface area (Å²) in [6.07, 6.45) is 0. The molecule has 0 bridgehead atoms. The second kappa shape index (κ2) is 4.31. The Morgan fingerprint density at radius 2 is 1.94 bits per heavy atom. The van der Waals surface area contributed by atoms with Crippen molar-refractivity contribution in [1.82, 2.24) is 0 Å². The van der Waals surface area contributed by atoms with Crippen LogP contribution in [0.3, 0.4) is 0 Å². The number of benzene rings is 1. The van der Waals surface area contributed by atoms with E-state index in [1.807, 2.05) is 6.07 Å². The lowest BCUT2D eigenvalue weighted by atomic mass is 9.74. The lowest BCUT2D eigenvalue weighted by Gasteiger charge is -2.42. The third-order valence-electron chi connectivity index (χ3n) is 3.86. The highest BCUT2D eigenvalue weighted by atomic mass is 16.5. The van der Waals surface area contributed by atoms with Gasteiger partial charge in [0, 0.05) is 0 Å². The summed E-state index contributed by atoms with van der Waals surface area (Å²) in [6, 6.07) is 2.05. The standard InChI is InChI=1S/C14H20O3/c1-9-5-12(16-4)10(2)11(3)13(9)14(6-15)7-17-8-14/h5,15H,6-8H2,1-4H3. The highest BCUT2D eigenvalue weighted by Crippen LogP contribution is 2.39. The summed E-state index contributed by atoms with van der Waals surface area (Å²) in [5.41, 5.74) is 4.55. The van der Waals surface area contributed by atoms with Crippen LogP contribution in [0.5, 0.6) is 5.75 Å². The van der Waals surface area contributed by atoms with Crippen molar-refractivity contribution in [2.45, 2.75) is 26.2 Å². The first-order valence-corrected chi connectivity index (χ1v) is 5.89. The van der Waals surface area contributed by atoms with Gasteiger partial charge in [-0.25, -0.2) is 0 Å². The maximum atomic E-state index is 9.64. The van der Waals surface area contributed by atoms with Crippen LogP contribution in [0, 0.1) is 20.8 Å². The summed E-state index contributed by atoms with van der Waals surface area (Å²) in [4.78, 5) is 0. The van der Waals surface area contributed by atoms with Crippen LogP contribution in [0.4, 0.5) is 0 Å². The fourth-order valence-electron chi connectivity index (χ4n) is 2.74. The Bertz CT molecular complexity index is 428. The molecule has 0 aromatic heterocycles. The van der Waals surface area contributed by atoms with Gasteiger partial charge in [0.2, 0.25) is 0 Å². The molecule has 0 spiro atoms. The third-order valence-corrected chi connectivity index (χ3v) is 3.86. The Morgan fingerprint density at radius 3 is 2.35 bits per heavy atom. The SMILES string of the molecule is COc1cc(C)c(C2(CO)COC2)c(C)c1C. The first-order chi connectivity index (χ1) is 8.05. The second-order valence-electron chi connectivity index (χ2n) is 4.95. The lowest BCUT2D eigenvalue weighted by Crippen LogP contribution is -2.50. The summed E-state index contributed by atoms with van der Waals surface area (Å²) in [6.45, 7) is 7.58. The van der Waals surface area contributed by atoms with Crippen molar-refractivity contribution in [3.63, 3.8) is 0 Å². The molecule has 17 heavy (non-hydrogen) atoms. The van der Waals surface area contributed by atoms with Crippen LogP contribution < -0.4 is 4.74 Å². The summed E-state index contributed by atoms with van der Waals surface area (Å²) < 4.78 is 10.7. The topological polar surface area (TPSA) is 38.7 Å². The molecule has 3 nitrogen and oxygen atoms in total. The second-order valence-corrected chi connectivity index (χ2v) is 4.95. The lowest BCUT2D eigenvalue weighted by molar-refractivity contribution is -0.0847. The number of ether oxygens (including phenoxy) is 2. The minimum absolute atomic E-state index is 0.139. The average molecular weight is 236 g/mol. The fraction of sp³-hybridized carbons (Fsp3) is 0.571. The van der Waals surface area contributed by atoms with E-state index < -0.39 is 0 Å². The van der Waals surface area contributed by atoms with Crippen LogP contribution in [0.25, 0.3) is 0 Å². The number of hydrogen-bond donors (Lipinski definition) is 1. The van der Waals surface area contributed by atoms with Crippen LogP contribution in [0.2, 0.25) is 0 Å². The number of rotatable bonds is 3. The molecule has 1 aliphatic heterocycles. The number of aliphatic hydroxyl groups excluding tert-OH is 1. The fourth-order valence-corrected chi connectivity index (χ4v) is 2.74. The Kier molecular flexibility index (Phi) is 3.15. The van der Waals surface area contributed by atoms with E-state index in [9.17, 15) is 5.11 Å². The van der Waals surface area contributed by atoms with Crippen molar-refractivity contribution in [2.75, 3.05) is 26.9 Å². The van der Waals surface area contributed by atoms with Crippen molar-refractivity contribution < 1.29 is 14.6 Å². The average Bonchev–Trinajstić information content (AvgIpc) is 2.27. The van der Waals surface area contributed by atoms with E-state index in [1.54, 1.807) is 7.11 Å². The largest absolute Gasteiger partial charge is 0.496 e. The zero-order valence-corrected chi connectivity index (χ0v) is 11.0. The highest BCUT2D eigenvalue weighted by molar-refractivity contribution is 5.52. The van der Waals surface area contributed by atoms with E-state index in [0.29, 0.717) is 13.2 Å². The zero-order chi connectivity index (χ0) is 12.6. The molecule has 1 fully saturated rings. The smallest absolute Gasteiger partial charge is 0.122 e. The maximum Gasteiger partial charge on any atom is 0.122 e. The van der Waals surface area contributed by atoms with Crippen LogP contribution in [0.1, 0.15) is 22.3 Å². The Balaban J connectivity index is 2.58. The summed E-state index contributed by atoms with van der Waals surface area (Å²) in [7, 11) is 1.69. The molecule has 1 aromatic carbocycles. The van der Waals surface area contributed by atoms with Crippen LogP contribution in [0.15, 0.2) is 6.07 Å². The van der Waals surface area contributed by atoms with Crippen LogP contribution in [-0.2, 0) is 10.2 Å². The molecule has 0 saturated carbocycles. The van der Waals surface area contributed by atoms with Gasteiger partial charge in [-0.15, -0.1) is 0 Å². The van der Waals surface area contributed by atoms with Crippen LogP contribution in [-0.4, -0.2) is 32.0 Å². The molecule has 1 aliphatic rings. The molecule has 2 rings (SSSR count). The van der Waals surface area contributed by atoms with Crippen LogP contribution >= 0.6 is 0 Å². The van der Waals surface area contributed by atoms with Gasteiger partial charge in [0.1, 0.15) is 5.75 Å². The molecule has 0 atom stereocenters. The van der Waals surface area contributed by atoms with Crippen molar-refractivity contribution >= 4 is 0 Å². The molecule has 0 unspecified atom stereocenters. The molecule has 3 heteroatoms. The normalized spacial score (nSPS) is 17.7. The van der Waals surface area contributed by atoms with Crippen molar-refractivity contribution in [3.05, 3.63) is 28.3 Å². The minimum atomic E-state index is -0.203. The molecule has 94 valence electrons. The maximum absolute atomic E-state index is 9.64. The van der Waals surface area contributed by atoms with Gasteiger partial charge < -0.3 is 14.6 Å². The Morgan fingerprint density at radius 1 is 1.29 bits per heavy atom. The van der Waals surface area contributed by atoms with Crippen molar-refractivity contribution in [1.29, 1.82) is 0 Å². The summed E-state index contributed by atoms with van der Waals surface area (Å²) in [5.74, 6) is 0.914. The van der Waals surface area contributed by atoms with E-state index in [4.69, 9.17) is 9.47 Å². The summed E-state index contributed by atoms with van der Waals surface area (Å²) in [5, 5.41) is 9.64. The molecule has 0 radical (unpaired) electrons. The van der Waals surface area contributed by atoms with Gasteiger partial charge in [-0.3, -0.25) is 0 Å². The monoisotopic (exact) mass is 236 g/mol. The number of aliphatic hydroxyl groups is 1. The third kappa shape index (κ3) is 1.74. The van der Waals surface area contributed by atoms with Crippen molar-refractivity contribution in [3.8, 4) is 5.75 Å². The molecular formula is C14H20O3. The van der Waals surface area contributed by atoms with E-state index in [1.165, 1.54) is 16.7 Å². The first-order valence-electron chi connectivity index (χ1n) is 5.89. The van der Waals surface area contributed by atoms with Crippen molar-refractivity contribution in [2.24, 2.45) is 0 Å². The van der Waals surface area contributed by atoms with Gasteiger partial charge in [-0.1, -0.05) is 0 Å². The number of aryl methyl sites for hydroxylation is 1. The summed E-state index contributed by atoms with van der Waals surface area (Å²) >= 11 is 0. The first kappa shape index (κ1) is 12.4. The molecule has 1 heterocycles. The quantitative estimate of drug-likeness (QED) is 0.871.